The van der Waals surface area contributed by atoms with Gasteiger partial charge in [-0.2, -0.15) is 0 Å². The molecule has 0 fully saturated rings. The van der Waals surface area contributed by atoms with Crippen LogP contribution < -0.4 is 0 Å². The molecule has 0 aromatic rings. The number of hydrogen-bond donors (Lipinski definition) is 1. The van der Waals surface area contributed by atoms with Crippen LogP contribution in [-0.2, 0) is 9.53 Å². The molecule has 0 aliphatic rings. The zero-order chi connectivity index (χ0) is 10.4. The molecule has 1 N–H and O–H groups in total. The molecule has 0 saturated carbocycles. The van der Waals surface area contributed by atoms with Crippen molar-refractivity contribution in [2.24, 2.45) is 5.92 Å². The molecule has 0 amide bonds. The minimum Gasteiger partial charge on any atom is -0.462 e. The molecule has 76 valence electrons. The fraction of sp³-hybridized carbons (Fsp3) is 0.700. The molecule has 0 spiro atoms. The highest BCUT2D eigenvalue weighted by molar-refractivity contribution is 5.86. The van der Waals surface area contributed by atoms with E-state index in [0.29, 0.717) is 12.0 Å². The summed E-state index contributed by atoms with van der Waals surface area (Å²) >= 11 is 0. The average Bonchev–Trinajstić information content (AvgIpc) is 2.03. The van der Waals surface area contributed by atoms with Gasteiger partial charge in [-0.25, -0.2) is 4.79 Å². The second-order valence-electron chi connectivity index (χ2n) is 3.52. The summed E-state index contributed by atoms with van der Waals surface area (Å²) in [5.74, 6) is -0.195. The third-order valence-corrected chi connectivity index (χ3v) is 1.76. The number of carbonyl (C=O) groups excluding carboxylic acids is 1. The van der Waals surface area contributed by atoms with Crippen LogP contribution in [0.1, 0.15) is 27.2 Å². The molecule has 3 heteroatoms. The predicted octanol–water partition coefficient (Wildman–Crippen LogP) is 1.51. The minimum absolute atomic E-state index is 0.198. The Morgan fingerprint density at radius 1 is 1.54 bits per heavy atom. The van der Waals surface area contributed by atoms with E-state index < -0.39 is 12.1 Å². The summed E-state index contributed by atoms with van der Waals surface area (Å²) in [4.78, 5) is 10.9. The van der Waals surface area contributed by atoms with E-state index in [0.717, 1.165) is 0 Å². The van der Waals surface area contributed by atoms with Crippen LogP contribution in [0, 0.1) is 5.92 Å². The third kappa shape index (κ3) is 5.42. The number of ether oxygens (including phenoxy) is 1. The van der Waals surface area contributed by atoms with Crippen LogP contribution in [0.2, 0.25) is 0 Å². The van der Waals surface area contributed by atoms with Crippen LogP contribution in [0.15, 0.2) is 12.2 Å². The highest BCUT2D eigenvalue weighted by Crippen LogP contribution is 2.05. The smallest absolute Gasteiger partial charge is 0.333 e. The van der Waals surface area contributed by atoms with Crippen molar-refractivity contribution in [2.45, 2.75) is 33.3 Å². The first-order chi connectivity index (χ1) is 5.95. The molecule has 0 rings (SSSR count). The van der Waals surface area contributed by atoms with E-state index >= 15 is 0 Å². The molecule has 13 heavy (non-hydrogen) atoms. The Kier molecular flexibility index (Phi) is 5.39. The van der Waals surface area contributed by atoms with Crippen molar-refractivity contribution in [2.75, 3.05) is 6.61 Å². The Morgan fingerprint density at radius 3 is 2.46 bits per heavy atom. The first-order valence-corrected chi connectivity index (χ1v) is 4.45. The maximum atomic E-state index is 10.9. The lowest BCUT2D eigenvalue weighted by atomic mass is 10.1. The Hall–Kier alpha value is -0.830. The zero-order valence-corrected chi connectivity index (χ0v) is 8.54. The lowest BCUT2D eigenvalue weighted by Crippen LogP contribution is -2.18. The number of aliphatic hydroxyl groups excluding tert-OH is 1. The first-order valence-electron chi connectivity index (χ1n) is 4.45. The van der Waals surface area contributed by atoms with Crippen molar-refractivity contribution in [1.29, 1.82) is 0 Å². The summed E-state index contributed by atoms with van der Waals surface area (Å²) < 4.78 is 4.83. The quantitative estimate of drug-likeness (QED) is 0.523. The monoisotopic (exact) mass is 186 g/mol. The second kappa shape index (κ2) is 5.75. The van der Waals surface area contributed by atoms with Crippen molar-refractivity contribution >= 4 is 5.97 Å². The predicted molar refractivity (Wildman–Crippen MR) is 51.2 cm³/mol. The second-order valence-corrected chi connectivity index (χ2v) is 3.52. The van der Waals surface area contributed by atoms with Crippen LogP contribution in [-0.4, -0.2) is 23.8 Å². The summed E-state index contributed by atoms with van der Waals surface area (Å²) in [6.07, 6.45) is 0.0781. The maximum absolute atomic E-state index is 10.9. The van der Waals surface area contributed by atoms with Gasteiger partial charge in [0.05, 0.1) is 12.7 Å². The standard InChI is InChI=1S/C10H18O3/c1-7(2)9(11)5-6-13-10(12)8(3)4/h7,9,11H,3,5-6H2,1-2,4H3. The van der Waals surface area contributed by atoms with Gasteiger partial charge in [0.2, 0.25) is 0 Å². The van der Waals surface area contributed by atoms with Gasteiger partial charge in [0.15, 0.2) is 0 Å². The topological polar surface area (TPSA) is 46.5 Å². The van der Waals surface area contributed by atoms with Crippen LogP contribution in [0.3, 0.4) is 0 Å². The normalized spacial score (nSPS) is 12.7. The molecule has 0 aromatic heterocycles. The van der Waals surface area contributed by atoms with E-state index in [-0.39, 0.29) is 12.5 Å². The SMILES string of the molecule is C=C(C)C(=O)OCCC(O)C(C)C. The molecule has 0 aromatic carbocycles. The van der Waals surface area contributed by atoms with E-state index in [9.17, 15) is 9.90 Å². The molecular weight excluding hydrogens is 168 g/mol. The van der Waals surface area contributed by atoms with Gasteiger partial charge in [0, 0.05) is 12.0 Å². The van der Waals surface area contributed by atoms with Gasteiger partial charge in [0.1, 0.15) is 0 Å². The third-order valence-electron chi connectivity index (χ3n) is 1.76. The highest BCUT2D eigenvalue weighted by Gasteiger charge is 2.10. The molecular formula is C10H18O3. The van der Waals surface area contributed by atoms with Crippen LogP contribution >= 0.6 is 0 Å². The van der Waals surface area contributed by atoms with Crippen molar-refractivity contribution in [3.63, 3.8) is 0 Å². The van der Waals surface area contributed by atoms with Gasteiger partial charge < -0.3 is 9.84 Å². The highest BCUT2D eigenvalue weighted by atomic mass is 16.5. The minimum atomic E-state index is -0.405. The summed E-state index contributed by atoms with van der Waals surface area (Å²) in [7, 11) is 0. The fourth-order valence-corrected chi connectivity index (χ4v) is 0.729. The molecule has 0 saturated heterocycles. The van der Waals surface area contributed by atoms with Crippen molar-refractivity contribution < 1.29 is 14.6 Å². The Labute approximate surface area is 79.4 Å². The van der Waals surface area contributed by atoms with Crippen LogP contribution in [0.5, 0.6) is 0 Å². The van der Waals surface area contributed by atoms with E-state index in [2.05, 4.69) is 6.58 Å². The van der Waals surface area contributed by atoms with E-state index in [1.807, 2.05) is 13.8 Å². The lowest BCUT2D eigenvalue weighted by Gasteiger charge is -2.13. The van der Waals surface area contributed by atoms with E-state index in [1.54, 1.807) is 6.92 Å². The van der Waals surface area contributed by atoms with Gasteiger partial charge in [-0.15, -0.1) is 0 Å². The summed E-state index contributed by atoms with van der Waals surface area (Å²) in [6, 6.07) is 0. The number of carbonyl (C=O) groups is 1. The summed E-state index contributed by atoms with van der Waals surface area (Å²) in [5, 5.41) is 9.36. The zero-order valence-electron chi connectivity index (χ0n) is 8.54. The Bertz CT molecular complexity index is 185. The van der Waals surface area contributed by atoms with Gasteiger partial charge in [-0.3, -0.25) is 0 Å². The van der Waals surface area contributed by atoms with Gasteiger partial charge in [-0.05, 0) is 12.8 Å². The van der Waals surface area contributed by atoms with Crippen molar-refractivity contribution in [3.8, 4) is 0 Å². The maximum Gasteiger partial charge on any atom is 0.333 e. The van der Waals surface area contributed by atoms with E-state index in [4.69, 9.17) is 4.74 Å². The van der Waals surface area contributed by atoms with Crippen LogP contribution in [0.25, 0.3) is 0 Å². The van der Waals surface area contributed by atoms with E-state index in [1.165, 1.54) is 0 Å². The van der Waals surface area contributed by atoms with Gasteiger partial charge >= 0.3 is 5.97 Å². The average molecular weight is 186 g/mol. The van der Waals surface area contributed by atoms with Gasteiger partial charge in [0.25, 0.3) is 0 Å². The number of aliphatic hydroxyl groups is 1. The summed E-state index contributed by atoms with van der Waals surface area (Å²) in [5.41, 5.74) is 0.388. The molecule has 0 radical (unpaired) electrons. The first kappa shape index (κ1) is 12.2. The Balaban J connectivity index is 3.56. The molecule has 0 aliphatic carbocycles. The molecule has 1 atom stereocenters. The summed E-state index contributed by atoms with van der Waals surface area (Å²) in [6.45, 7) is 9.15. The number of hydrogen-bond acceptors (Lipinski definition) is 3. The number of rotatable bonds is 5. The largest absolute Gasteiger partial charge is 0.462 e. The molecule has 1 unspecified atom stereocenters. The number of esters is 1. The fourth-order valence-electron chi connectivity index (χ4n) is 0.729. The van der Waals surface area contributed by atoms with Crippen molar-refractivity contribution in [1.82, 2.24) is 0 Å². The Morgan fingerprint density at radius 2 is 2.08 bits per heavy atom. The molecule has 0 bridgehead atoms. The van der Waals surface area contributed by atoms with Gasteiger partial charge in [-0.1, -0.05) is 20.4 Å². The van der Waals surface area contributed by atoms with Crippen LogP contribution in [0.4, 0.5) is 0 Å². The molecule has 0 heterocycles. The molecule has 3 nitrogen and oxygen atoms in total. The van der Waals surface area contributed by atoms with Crippen molar-refractivity contribution in [3.05, 3.63) is 12.2 Å². The molecule has 0 aliphatic heterocycles. The lowest BCUT2D eigenvalue weighted by molar-refractivity contribution is -0.139.